The molecule has 0 aliphatic carbocycles. The van der Waals surface area contributed by atoms with Crippen LogP contribution in [0.5, 0.6) is 11.5 Å². The minimum atomic E-state index is 0.0160. The molecule has 4 rings (SSSR count). The van der Waals surface area contributed by atoms with Gasteiger partial charge in [0.25, 0.3) is 0 Å². The predicted octanol–water partition coefficient (Wildman–Crippen LogP) is 5.48. The van der Waals surface area contributed by atoms with Crippen LogP contribution in [0, 0.1) is 6.92 Å². The number of carbonyl (C=O) groups is 1. The molecule has 1 N–H and O–H groups in total. The number of carbonyl (C=O) groups excluding carboxylic acids is 1. The lowest BCUT2D eigenvalue weighted by Crippen LogP contribution is -2.26. The van der Waals surface area contributed by atoms with Gasteiger partial charge in [0, 0.05) is 19.5 Å². The van der Waals surface area contributed by atoms with Crippen molar-refractivity contribution in [3.05, 3.63) is 89.2 Å². The van der Waals surface area contributed by atoms with Crippen LogP contribution in [-0.4, -0.2) is 36.2 Å². The zero-order chi connectivity index (χ0) is 25.3. The van der Waals surface area contributed by atoms with Gasteiger partial charge in [0.2, 0.25) is 5.91 Å². The van der Waals surface area contributed by atoms with Gasteiger partial charge in [0.15, 0.2) is 11.5 Å². The van der Waals surface area contributed by atoms with E-state index < -0.39 is 0 Å². The largest absolute Gasteiger partial charge is 0.493 e. The molecule has 4 aromatic rings. The van der Waals surface area contributed by atoms with Gasteiger partial charge in [-0.15, -0.1) is 0 Å². The van der Waals surface area contributed by atoms with Gasteiger partial charge in [-0.1, -0.05) is 48.9 Å². The number of hydrogen-bond acceptors (Lipinski definition) is 4. The van der Waals surface area contributed by atoms with E-state index in [1.807, 2.05) is 24.3 Å². The van der Waals surface area contributed by atoms with Crippen LogP contribution in [0.2, 0.25) is 0 Å². The molecular weight excluding hydrogens is 450 g/mol. The number of aryl methyl sites for hydroxylation is 2. The van der Waals surface area contributed by atoms with Gasteiger partial charge in [-0.3, -0.25) is 4.79 Å². The highest BCUT2D eigenvalue weighted by molar-refractivity contribution is 5.78. The molecule has 0 unspecified atom stereocenters. The number of hydrogen-bond donors (Lipinski definition) is 1. The Hall–Kier alpha value is -3.80. The number of ether oxygens (including phenoxy) is 2. The quantitative estimate of drug-likeness (QED) is 0.270. The van der Waals surface area contributed by atoms with Crippen LogP contribution in [0.3, 0.4) is 0 Å². The average Bonchev–Trinajstić information content (AvgIpc) is 3.24. The van der Waals surface area contributed by atoms with E-state index in [2.05, 4.69) is 59.3 Å². The summed E-state index contributed by atoms with van der Waals surface area (Å²) in [5.74, 6) is 2.43. The summed E-state index contributed by atoms with van der Waals surface area (Å²) >= 11 is 0. The minimum absolute atomic E-state index is 0.0160. The smallest absolute Gasteiger partial charge is 0.224 e. The monoisotopic (exact) mass is 485 g/mol. The molecule has 3 aromatic carbocycles. The van der Waals surface area contributed by atoms with Crippen molar-refractivity contribution in [1.29, 1.82) is 0 Å². The first kappa shape index (κ1) is 25.3. The number of methoxy groups -OCH3 is 2. The van der Waals surface area contributed by atoms with E-state index in [1.165, 1.54) is 16.6 Å². The fraction of sp³-hybridized carbons (Fsp3) is 0.333. The number of rotatable bonds is 12. The molecule has 0 aliphatic rings. The molecule has 0 atom stereocenters. The first-order valence-corrected chi connectivity index (χ1v) is 12.6. The van der Waals surface area contributed by atoms with Gasteiger partial charge in [-0.2, -0.15) is 0 Å². The number of fused-ring (bicyclic) bond motifs is 1. The Morgan fingerprint density at radius 1 is 0.917 bits per heavy atom. The Bertz CT molecular complexity index is 1310. The van der Waals surface area contributed by atoms with Gasteiger partial charge < -0.3 is 19.4 Å². The van der Waals surface area contributed by atoms with Crippen molar-refractivity contribution in [1.82, 2.24) is 14.9 Å². The van der Waals surface area contributed by atoms with Gasteiger partial charge >= 0.3 is 0 Å². The molecule has 0 saturated carbocycles. The normalized spacial score (nSPS) is 11.0. The topological polar surface area (TPSA) is 65.4 Å². The van der Waals surface area contributed by atoms with E-state index in [9.17, 15) is 4.79 Å². The zero-order valence-corrected chi connectivity index (χ0v) is 21.4. The Labute approximate surface area is 213 Å². The van der Waals surface area contributed by atoms with E-state index >= 15 is 0 Å². The van der Waals surface area contributed by atoms with Gasteiger partial charge in [0.1, 0.15) is 5.82 Å². The molecular formula is C30H35N3O3. The molecule has 6 nitrogen and oxygen atoms in total. The molecule has 36 heavy (non-hydrogen) atoms. The Kier molecular flexibility index (Phi) is 8.61. The third kappa shape index (κ3) is 6.25. The van der Waals surface area contributed by atoms with Crippen LogP contribution >= 0.6 is 0 Å². The molecule has 6 heteroatoms. The maximum absolute atomic E-state index is 12.4. The van der Waals surface area contributed by atoms with Crippen molar-refractivity contribution >= 4 is 16.9 Å². The number of nitrogens with zero attached hydrogens (tertiary/aromatic N) is 2. The summed E-state index contributed by atoms with van der Waals surface area (Å²) in [6.45, 7) is 3.66. The lowest BCUT2D eigenvalue weighted by atomic mass is 10.1. The van der Waals surface area contributed by atoms with Crippen molar-refractivity contribution in [2.75, 3.05) is 20.8 Å². The second-order valence-electron chi connectivity index (χ2n) is 9.06. The Morgan fingerprint density at radius 2 is 1.69 bits per heavy atom. The average molecular weight is 486 g/mol. The fourth-order valence-corrected chi connectivity index (χ4v) is 4.50. The van der Waals surface area contributed by atoms with Crippen LogP contribution in [0.25, 0.3) is 11.0 Å². The summed E-state index contributed by atoms with van der Waals surface area (Å²) in [7, 11) is 3.20. The standard InChI is InChI=1S/C30H35N3O3/c1-22-11-6-7-12-24(22)21-33-26-14-9-8-13-25(26)32-29(33)15-5-4-10-18-31-30(34)20-23-16-17-27(35-2)28(19-23)36-3/h6-9,11-14,16-17,19H,4-5,10,15,18,20-21H2,1-3H3,(H,31,34). The molecule has 1 amide bonds. The molecule has 188 valence electrons. The van der Waals surface area contributed by atoms with E-state index in [1.54, 1.807) is 14.2 Å². The summed E-state index contributed by atoms with van der Waals surface area (Å²) < 4.78 is 12.9. The van der Waals surface area contributed by atoms with Crippen LogP contribution in [0.15, 0.2) is 66.7 Å². The molecule has 0 bridgehead atoms. The van der Waals surface area contributed by atoms with Crippen molar-refractivity contribution in [2.24, 2.45) is 0 Å². The Morgan fingerprint density at radius 3 is 2.50 bits per heavy atom. The number of unbranched alkanes of at least 4 members (excludes halogenated alkanes) is 2. The molecule has 0 spiro atoms. The number of benzene rings is 3. The van der Waals surface area contributed by atoms with Crippen LogP contribution in [0.1, 0.15) is 41.8 Å². The predicted molar refractivity (Wildman–Crippen MR) is 144 cm³/mol. The highest BCUT2D eigenvalue weighted by atomic mass is 16.5. The first-order chi connectivity index (χ1) is 17.6. The molecule has 0 fully saturated rings. The summed E-state index contributed by atoms with van der Waals surface area (Å²) in [5.41, 5.74) is 5.74. The van der Waals surface area contributed by atoms with Crippen LogP contribution < -0.4 is 14.8 Å². The maximum Gasteiger partial charge on any atom is 0.224 e. The maximum atomic E-state index is 12.4. The summed E-state index contributed by atoms with van der Waals surface area (Å²) in [5, 5.41) is 3.04. The lowest BCUT2D eigenvalue weighted by molar-refractivity contribution is -0.120. The Balaban J connectivity index is 1.27. The zero-order valence-electron chi connectivity index (χ0n) is 21.4. The van der Waals surface area contributed by atoms with Crippen molar-refractivity contribution in [2.45, 2.75) is 45.6 Å². The van der Waals surface area contributed by atoms with Crippen LogP contribution in [-0.2, 0) is 24.2 Å². The third-order valence-electron chi connectivity index (χ3n) is 6.54. The van der Waals surface area contributed by atoms with Gasteiger partial charge in [-0.25, -0.2) is 4.98 Å². The highest BCUT2D eigenvalue weighted by Crippen LogP contribution is 2.27. The third-order valence-corrected chi connectivity index (χ3v) is 6.54. The second kappa shape index (κ2) is 12.2. The van der Waals surface area contributed by atoms with E-state index in [4.69, 9.17) is 14.5 Å². The number of imidazole rings is 1. The number of amides is 1. The minimum Gasteiger partial charge on any atom is -0.493 e. The summed E-state index contributed by atoms with van der Waals surface area (Å²) in [6, 6.07) is 22.5. The summed E-state index contributed by atoms with van der Waals surface area (Å²) in [6.07, 6.45) is 4.24. The molecule has 0 radical (unpaired) electrons. The van der Waals surface area contributed by atoms with Crippen molar-refractivity contribution < 1.29 is 14.3 Å². The molecule has 1 aromatic heterocycles. The number of para-hydroxylation sites is 2. The number of nitrogens with one attached hydrogen (secondary N) is 1. The van der Waals surface area contributed by atoms with Crippen molar-refractivity contribution in [3.8, 4) is 11.5 Å². The highest BCUT2D eigenvalue weighted by Gasteiger charge is 2.12. The van der Waals surface area contributed by atoms with Crippen LogP contribution in [0.4, 0.5) is 0 Å². The number of aromatic nitrogens is 2. The molecule has 0 saturated heterocycles. The fourth-order valence-electron chi connectivity index (χ4n) is 4.50. The second-order valence-corrected chi connectivity index (χ2v) is 9.06. The molecule has 0 aliphatic heterocycles. The van der Waals surface area contributed by atoms with Crippen molar-refractivity contribution in [3.63, 3.8) is 0 Å². The lowest BCUT2D eigenvalue weighted by Gasteiger charge is -2.12. The first-order valence-electron chi connectivity index (χ1n) is 12.6. The van der Waals surface area contributed by atoms with E-state index in [0.717, 1.165) is 49.1 Å². The van der Waals surface area contributed by atoms with E-state index in [0.29, 0.717) is 24.5 Å². The molecule has 1 heterocycles. The van der Waals surface area contributed by atoms with E-state index in [-0.39, 0.29) is 5.91 Å². The summed E-state index contributed by atoms with van der Waals surface area (Å²) in [4.78, 5) is 17.3. The van der Waals surface area contributed by atoms with Gasteiger partial charge in [-0.05, 0) is 60.7 Å². The van der Waals surface area contributed by atoms with Gasteiger partial charge in [0.05, 0.1) is 31.7 Å². The SMILES string of the molecule is COc1ccc(CC(=O)NCCCCCc2nc3ccccc3n2Cc2ccccc2C)cc1OC.